The van der Waals surface area contributed by atoms with Crippen LogP contribution < -0.4 is 20.3 Å². The van der Waals surface area contributed by atoms with E-state index in [0.717, 1.165) is 49.8 Å². The second-order valence-electron chi connectivity index (χ2n) is 6.25. The second-order valence-corrected chi connectivity index (χ2v) is 6.25. The molecule has 1 saturated heterocycles. The summed E-state index contributed by atoms with van der Waals surface area (Å²) in [4.78, 5) is 16.6. The topological polar surface area (TPSA) is 56.8 Å². The van der Waals surface area contributed by atoms with Crippen LogP contribution in [0.2, 0.25) is 0 Å². The number of benzene rings is 2. The summed E-state index contributed by atoms with van der Waals surface area (Å²) >= 11 is 0. The molecule has 0 spiro atoms. The van der Waals surface area contributed by atoms with Crippen molar-refractivity contribution < 1.29 is 9.53 Å². The first-order valence-corrected chi connectivity index (χ1v) is 8.96. The molecule has 1 fully saturated rings. The van der Waals surface area contributed by atoms with Gasteiger partial charge in [0.15, 0.2) is 0 Å². The van der Waals surface area contributed by atoms with Gasteiger partial charge in [0.2, 0.25) is 0 Å². The lowest BCUT2D eigenvalue weighted by Gasteiger charge is -2.36. The minimum Gasteiger partial charge on any atom is -0.495 e. The number of rotatable bonds is 6. The predicted molar refractivity (Wildman–Crippen MR) is 105 cm³/mol. The quantitative estimate of drug-likeness (QED) is 0.837. The Balaban J connectivity index is 1.38. The average molecular weight is 354 g/mol. The van der Waals surface area contributed by atoms with Crippen molar-refractivity contribution in [2.24, 2.45) is 0 Å². The van der Waals surface area contributed by atoms with Crippen molar-refractivity contribution >= 4 is 17.4 Å². The highest BCUT2D eigenvalue weighted by molar-refractivity contribution is 5.89. The molecule has 2 aromatic carbocycles. The van der Waals surface area contributed by atoms with Gasteiger partial charge in [0.05, 0.1) is 12.8 Å². The number of ether oxygens (including phenoxy) is 1. The van der Waals surface area contributed by atoms with Crippen molar-refractivity contribution in [3.63, 3.8) is 0 Å². The van der Waals surface area contributed by atoms with Crippen molar-refractivity contribution in [3.05, 3.63) is 54.6 Å². The first-order valence-electron chi connectivity index (χ1n) is 8.96. The molecule has 0 bridgehead atoms. The molecule has 2 aromatic rings. The number of methoxy groups -OCH3 is 1. The number of nitrogens with one attached hydrogen (secondary N) is 2. The van der Waals surface area contributed by atoms with Crippen molar-refractivity contribution in [1.82, 2.24) is 10.2 Å². The lowest BCUT2D eigenvalue weighted by atomic mass is 10.2. The Morgan fingerprint density at radius 1 is 1.00 bits per heavy atom. The molecule has 1 aliphatic heterocycles. The summed E-state index contributed by atoms with van der Waals surface area (Å²) in [6.45, 7) is 5.34. The standard InChI is InChI=1S/C20H26N4O2/c1-26-19-10-6-5-9-18(19)24-15-13-23(14-16-24)12-11-21-20(25)22-17-7-3-2-4-8-17/h2-10H,11-16H2,1H3,(H2,21,22,25). The molecule has 138 valence electrons. The van der Waals surface area contributed by atoms with Crippen LogP contribution in [0.15, 0.2) is 54.6 Å². The average Bonchev–Trinajstić information content (AvgIpc) is 2.69. The number of carbonyl (C=O) groups excluding carboxylic acids is 1. The maximum Gasteiger partial charge on any atom is 0.319 e. The maximum atomic E-state index is 11.9. The normalized spacial score (nSPS) is 14.7. The largest absolute Gasteiger partial charge is 0.495 e. The molecule has 0 radical (unpaired) electrons. The van der Waals surface area contributed by atoms with Crippen LogP contribution in [0.1, 0.15) is 0 Å². The van der Waals surface area contributed by atoms with E-state index < -0.39 is 0 Å². The molecule has 0 aliphatic carbocycles. The molecule has 6 heteroatoms. The number of hydrogen-bond donors (Lipinski definition) is 2. The maximum absolute atomic E-state index is 11.9. The Bertz CT molecular complexity index is 700. The summed E-state index contributed by atoms with van der Waals surface area (Å²) < 4.78 is 5.46. The molecule has 6 nitrogen and oxygen atoms in total. The molecule has 0 unspecified atom stereocenters. The smallest absolute Gasteiger partial charge is 0.319 e. The van der Waals surface area contributed by atoms with Gasteiger partial charge >= 0.3 is 6.03 Å². The number of anilines is 2. The van der Waals surface area contributed by atoms with Gasteiger partial charge in [-0.15, -0.1) is 0 Å². The van der Waals surface area contributed by atoms with Gasteiger partial charge in [-0.3, -0.25) is 4.90 Å². The molecular formula is C20H26N4O2. The second kappa shape index (κ2) is 9.10. The van der Waals surface area contributed by atoms with Crippen LogP contribution in [0.4, 0.5) is 16.2 Å². The Labute approximate surface area is 154 Å². The van der Waals surface area contributed by atoms with Crippen molar-refractivity contribution in [2.75, 3.05) is 56.6 Å². The molecule has 3 rings (SSSR count). The molecule has 1 aliphatic rings. The highest BCUT2D eigenvalue weighted by Gasteiger charge is 2.19. The van der Waals surface area contributed by atoms with Gasteiger partial charge in [-0.1, -0.05) is 30.3 Å². The van der Waals surface area contributed by atoms with Crippen LogP contribution in [0.5, 0.6) is 5.75 Å². The van der Waals surface area contributed by atoms with E-state index in [1.807, 2.05) is 48.5 Å². The number of hydrogen-bond acceptors (Lipinski definition) is 4. The summed E-state index contributed by atoms with van der Waals surface area (Å²) in [7, 11) is 1.71. The van der Waals surface area contributed by atoms with Gasteiger partial charge in [0.25, 0.3) is 0 Å². The minimum atomic E-state index is -0.163. The molecule has 0 saturated carbocycles. The molecule has 0 atom stereocenters. The SMILES string of the molecule is COc1ccccc1N1CCN(CCNC(=O)Nc2ccccc2)CC1. The highest BCUT2D eigenvalue weighted by atomic mass is 16.5. The number of urea groups is 1. The fraction of sp³-hybridized carbons (Fsp3) is 0.350. The molecule has 2 amide bonds. The zero-order valence-electron chi connectivity index (χ0n) is 15.1. The van der Waals surface area contributed by atoms with Crippen LogP contribution in [-0.2, 0) is 0 Å². The zero-order valence-corrected chi connectivity index (χ0v) is 15.1. The third-order valence-electron chi connectivity index (χ3n) is 4.54. The van der Waals surface area contributed by atoms with Gasteiger partial charge in [0, 0.05) is 45.0 Å². The number of nitrogens with zero attached hydrogens (tertiary/aromatic N) is 2. The third kappa shape index (κ3) is 4.89. The minimum absolute atomic E-state index is 0.163. The molecule has 0 aromatic heterocycles. The van der Waals surface area contributed by atoms with E-state index in [9.17, 15) is 4.79 Å². The summed E-state index contributed by atoms with van der Waals surface area (Å²) in [5.74, 6) is 0.917. The van der Waals surface area contributed by atoms with Gasteiger partial charge < -0.3 is 20.3 Å². The van der Waals surface area contributed by atoms with E-state index in [0.29, 0.717) is 6.54 Å². The van der Waals surface area contributed by atoms with Gasteiger partial charge in [0.1, 0.15) is 5.75 Å². The lowest BCUT2D eigenvalue weighted by molar-refractivity contribution is 0.240. The monoisotopic (exact) mass is 354 g/mol. The van der Waals surface area contributed by atoms with Crippen molar-refractivity contribution in [2.45, 2.75) is 0 Å². The van der Waals surface area contributed by atoms with E-state index in [1.165, 1.54) is 0 Å². The Morgan fingerprint density at radius 2 is 1.69 bits per heavy atom. The van der Waals surface area contributed by atoms with Crippen LogP contribution >= 0.6 is 0 Å². The van der Waals surface area contributed by atoms with Crippen LogP contribution in [0.3, 0.4) is 0 Å². The predicted octanol–water partition coefficient (Wildman–Crippen LogP) is 2.64. The van der Waals surface area contributed by atoms with Crippen LogP contribution in [0.25, 0.3) is 0 Å². The van der Waals surface area contributed by atoms with Gasteiger partial charge in [-0.05, 0) is 24.3 Å². The molecule has 1 heterocycles. The Hall–Kier alpha value is -2.73. The molecule has 26 heavy (non-hydrogen) atoms. The van der Waals surface area contributed by atoms with E-state index in [1.54, 1.807) is 7.11 Å². The summed E-state index contributed by atoms with van der Waals surface area (Å²) in [5.41, 5.74) is 1.95. The van der Waals surface area contributed by atoms with E-state index in [-0.39, 0.29) is 6.03 Å². The van der Waals surface area contributed by atoms with Crippen LogP contribution in [0, 0.1) is 0 Å². The first-order chi connectivity index (χ1) is 12.8. The highest BCUT2D eigenvalue weighted by Crippen LogP contribution is 2.28. The summed E-state index contributed by atoms with van der Waals surface area (Å²) in [5, 5.41) is 5.74. The van der Waals surface area contributed by atoms with Crippen molar-refractivity contribution in [1.29, 1.82) is 0 Å². The van der Waals surface area contributed by atoms with Crippen LogP contribution in [-0.4, -0.2) is 57.3 Å². The Morgan fingerprint density at radius 3 is 2.42 bits per heavy atom. The van der Waals surface area contributed by atoms with E-state index >= 15 is 0 Å². The van der Waals surface area contributed by atoms with Crippen molar-refractivity contribution in [3.8, 4) is 5.75 Å². The van der Waals surface area contributed by atoms with Gasteiger partial charge in [-0.2, -0.15) is 0 Å². The first kappa shape index (κ1) is 18.1. The number of piperazine rings is 1. The number of amides is 2. The fourth-order valence-corrected chi connectivity index (χ4v) is 3.13. The Kier molecular flexibility index (Phi) is 6.33. The molecular weight excluding hydrogens is 328 g/mol. The number of para-hydroxylation sites is 3. The van der Waals surface area contributed by atoms with Gasteiger partial charge in [-0.25, -0.2) is 4.79 Å². The zero-order chi connectivity index (χ0) is 18.2. The number of carbonyl (C=O) groups is 1. The summed E-state index contributed by atoms with van der Waals surface area (Å²) in [6.07, 6.45) is 0. The van der Waals surface area contributed by atoms with E-state index in [2.05, 4.69) is 26.5 Å². The summed E-state index contributed by atoms with van der Waals surface area (Å²) in [6, 6.07) is 17.4. The lowest BCUT2D eigenvalue weighted by Crippen LogP contribution is -2.48. The fourth-order valence-electron chi connectivity index (χ4n) is 3.13. The third-order valence-corrected chi connectivity index (χ3v) is 4.54. The molecule has 2 N–H and O–H groups in total. The van der Waals surface area contributed by atoms with E-state index in [4.69, 9.17) is 4.74 Å².